The molecular formula is C15H9O. The van der Waals surface area contributed by atoms with Crippen LogP contribution < -0.4 is 0 Å². The molecule has 0 heterocycles. The summed E-state index contributed by atoms with van der Waals surface area (Å²) in [6.07, 6.45) is 5.33. The van der Waals surface area contributed by atoms with Crippen molar-refractivity contribution in [1.82, 2.24) is 0 Å². The molecule has 0 aliphatic heterocycles. The van der Waals surface area contributed by atoms with Crippen molar-refractivity contribution in [2.24, 2.45) is 0 Å². The third kappa shape index (κ3) is 1.04. The van der Waals surface area contributed by atoms with Gasteiger partial charge in [0.05, 0.1) is 0 Å². The van der Waals surface area contributed by atoms with Crippen molar-refractivity contribution in [3.8, 4) is 23.5 Å². The minimum Gasteiger partial charge on any atom is -0.289 e. The zero-order valence-electron chi connectivity index (χ0n) is 9.53. The van der Waals surface area contributed by atoms with Crippen LogP contribution in [0.2, 0.25) is 0 Å². The molecule has 1 heteroatoms. The first kappa shape index (κ1) is 8.94. The molecule has 1 aliphatic carbocycles. The Hall–Kier alpha value is -2.33. The summed E-state index contributed by atoms with van der Waals surface area (Å²) in [6.45, 7) is 0. The summed E-state index contributed by atoms with van der Waals surface area (Å²) in [5.41, 5.74) is 4.23. The van der Waals surface area contributed by atoms with Crippen LogP contribution >= 0.6 is 0 Å². The summed E-state index contributed by atoms with van der Waals surface area (Å²) in [5.74, 6) is 2.62. The highest BCUT2D eigenvalue weighted by Crippen LogP contribution is 2.36. The number of terminal acetylenes is 1. The number of carbonyl (C=O) groups excluding carboxylic acids is 1. The van der Waals surface area contributed by atoms with E-state index in [1.807, 2.05) is 36.4 Å². The Balaban J connectivity index is 0.00000108. The second-order valence-corrected chi connectivity index (χ2v) is 3.78. The maximum absolute atomic E-state index is 12.1. The average Bonchev–Trinajstić information content (AvgIpc) is 2.64. The molecule has 0 unspecified atom stereocenters. The summed E-state index contributed by atoms with van der Waals surface area (Å²) < 4.78 is 0. The molecule has 75 valence electrons. The van der Waals surface area contributed by atoms with E-state index in [0.29, 0.717) is 0 Å². The van der Waals surface area contributed by atoms with Crippen LogP contribution in [0.4, 0.5) is 0 Å². The van der Waals surface area contributed by atoms with Gasteiger partial charge in [0, 0.05) is 18.1 Å². The largest absolute Gasteiger partial charge is 0.289 e. The molecule has 0 atom stereocenters. The van der Waals surface area contributed by atoms with Gasteiger partial charge in [-0.3, -0.25) is 4.79 Å². The van der Waals surface area contributed by atoms with E-state index >= 15 is 0 Å². The molecule has 1 nitrogen and oxygen atoms in total. The zero-order valence-corrected chi connectivity index (χ0v) is 8.53. The normalized spacial score (nSPS) is 11.8. The van der Waals surface area contributed by atoms with Gasteiger partial charge in [-0.15, -0.1) is 6.42 Å². The standard InChI is InChI=1S/C15H8O.H/c1-2-10-7-8-12-11-5-3-4-6-13(11)15(16)14(12)9-10;/h1,3-9H;. The van der Waals surface area contributed by atoms with Gasteiger partial charge < -0.3 is 0 Å². The fourth-order valence-electron chi connectivity index (χ4n) is 2.12. The van der Waals surface area contributed by atoms with Gasteiger partial charge in [0.25, 0.3) is 0 Å². The van der Waals surface area contributed by atoms with Crippen molar-refractivity contribution >= 4 is 5.78 Å². The Kier molecular flexibility index (Phi) is 1.72. The summed E-state index contributed by atoms with van der Waals surface area (Å²) in [5, 5.41) is 0. The van der Waals surface area contributed by atoms with Crippen molar-refractivity contribution in [3.05, 3.63) is 59.2 Å². The van der Waals surface area contributed by atoms with E-state index in [9.17, 15) is 4.79 Å². The van der Waals surface area contributed by atoms with Gasteiger partial charge in [0.15, 0.2) is 5.78 Å². The molecule has 0 spiro atoms. The number of ketones is 1. The first-order chi connectivity index (χ1) is 7.81. The summed E-state index contributed by atoms with van der Waals surface area (Å²) in [6, 6.07) is 13.2. The minimum atomic E-state index is 0. The van der Waals surface area contributed by atoms with Crippen molar-refractivity contribution in [2.45, 2.75) is 0 Å². The second-order valence-electron chi connectivity index (χ2n) is 3.78. The molecular weight excluding hydrogens is 196 g/mol. The Labute approximate surface area is 95.2 Å². The van der Waals surface area contributed by atoms with Crippen molar-refractivity contribution in [2.75, 3.05) is 0 Å². The monoisotopic (exact) mass is 205 g/mol. The van der Waals surface area contributed by atoms with Crippen LogP contribution in [0.25, 0.3) is 11.1 Å². The van der Waals surface area contributed by atoms with E-state index in [0.717, 1.165) is 27.8 Å². The summed E-state index contributed by atoms with van der Waals surface area (Å²) in [4.78, 5) is 12.1. The fourth-order valence-corrected chi connectivity index (χ4v) is 2.12. The zero-order chi connectivity index (χ0) is 11.1. The third-order valence-corrected chi connectivity index (χ3v) is 2.89. The molecule has 0 fully saturated rings. The lowest BCUT2D eigenvalue weighted by Crippen LogP contribution is -1.94. The van der Waals surface area contributed by atoms with Crippen LogP contribution in [0.3, 0.4) is 0 Å². The van der Waals surface area contributed by atoms with Crippen LogP contribution in [-0.4, -0.2) is 5.78 Å². The van der Waals surface area contributed by atoms with Crippen LogP contribution in [-0.2, 0) is 0 Å². The Morgan fingerprint density at radius 1 is 0.938 bits per heavy atom. The first-order valence-electron chi connectivity index (χ1n) is 5.06. The SMILES string of the molecule is C#Cc1ccc2c(c1)C(=O)c1ccccc1-2.[H]. The quantitative estimate of drug-likeness (QED) is 0.515. The Bertz CT molecular complexity index is 650. The molecule has 0 saturated carbocycles. The second kappa shape index (κ2) is 3.08. The number of carbonyl (C=O) groups is 1. The van der Waals surface area contributed by atoms with Gasteiger partial charge in [-0.05, 0) is 23.3 Å². The number of hydrogen-bond donors (Lipinski definition) is 0. The van der Waals surface area contributed by atoms with Crippen molar-refractivity contribution in [1.29, 1.82) is 0 Å². The number of fused-ring (bicyclic) bond motifs is 3. The van der Waals surface area contributed by atoms with Crippen molar-refractivity contribution < 1.29 is 6.22 Å². The van der Waals surface area contributed by atoms with Gasteiger partial charge in [-0.25, -0.2) is 0 Å². The van der Waals surface area contributed by atoms with E-state index < -0.39 is 0 Å². The maximum Gasteiger partial charge on any atom is 0.194 e. The highest BCUT2D eigenvalue weighted by atomic mass is 16.1. The van der Waals surface area contributed by atoms with E-state index in [4.69, 9.17) is 6.42 Å². The predicted molar refractivity (Wildman–Crippen MR) is 64.4 cm³/mol. The molecule has 0 aromatic heterocycles. The highest BCUT2D eigenvalue weighted by Gasteiger charge is 2.25. The van der Waals surface area contributed by atoms with E-state index in [2.05, 4.69) is 5.92 Å². The van der Waals surface area contributed by atoms with Gasteiger partial charge in [0.1, 0.15) is 0 Å². The minimum absolute atomic E-state index is 0. The van der Waals surface area contributed by atoms with E-state index in [-0.39, 0.29) is 7.21 Å². The van der Waals surface area contributed by atoms with Crippen LogP contribution in [0.5, 0.6) is 0 Å². The van der Waals surface area contributed by atoms with Gasteiger partial charge >= 0.3 is 0 Å². The Morgan fingerprint density at radius 2 is 1.62 bits per heavy atom. The van der Waals surface area contributed by atoms with Gasteiger partial charge in [-0.1, -0.05) is 36.3 Å². The van der Waals surface area contributed by atoms with Gasteiger partial charge in [0.2, 0.25) is 0 Å². The number of hydrogen-bond acceptors (Lipinski definition) is 1. The lowest BCUT2D eigenvalue weighted by atomic mass is 10.0. The lowest BCUT2D eigenvalue weighted by Gasteiger charge is -1.99. The topological polar surface area (TPSA) is 17.1 Å². The maximum atomic E-state index is 12.1. The average molecular weight is 205 g/mol. The molecule has 2 aromatic carbocycles. The molecule has 1 radical (unpaired) electrons. The van der Waals surface area contributed by atoms with Crippen molar-refractivity contribution in [3.63, 3.8) is 0 Å². The molecule has 0 saturated heterocycles. The number of benzene rings is 2. The molecule has 2 aromatic rings. The van der Waals surface area contributed by atoms with Crippen LogP contribution in [0.15, 0.2) is 42.5 Å². The molecule has 0 bridgehead atoms. The Morgan fingerprint density at radius 3 is 2.38 bits per heavy atom. The molecule has 0 N–H and O–H groups in total. The van der Waals surface area contributed by atoms with E-state index in [1.54, 1.807) is 6.07 Å². The summed E-state index contributed by atoms with van der Waals surface area (Å²) >= 11 is 0. The highest BCUT2D eigenvalue weighted by molar-refractivity contribution is 6.21. The molecule has 1 aliphatic rings. The molecule has 16 heavy (non-hydrogen) atoms. The lowest BCUT2D eigenvalue weighted by molar-refractivity contribution is 0.104. The smallest absolute Gasteiger partial charge is 0.194 e. The summed E-state index contributed by atoms with van der Waals surface area (Å²) in [7, 11) is 0. The van der Waals surface area contributed by atoms with Crippen LogP contribution in [0, 0.1) is 12.3 Å². The molecule has 3 rings (SSSR count). The van der Waals surface area contributed by atoms with Crippen LogP contribution in [0.1, 0.15) is 22.9 Å². The first-order valence-corrected chi connectivity index (χ1v) is 5.06. The molecule has 0 amide bonds. The van der Waals surface area contributed by atoms with Gasteiger partial charge in [-0.2, -0.15) is 0 Å². The fraction of sp³-hybridized carbons (Fsp3) is 0. The number of rotatable bonds is 0. The third-order valence-electron chi connectivity index (χ3n) is 2.89. The van der Waals surface area contributed by atoms with E-state index in [1.165, 1.54) is 0 Å². The predicted octanol–water partition coefficient (Wildman–Crippen LogP) is 2.99.